The molecule has 3 aromatic heterocycles. The van der Waals surface area contributed by atoms with Gasteiger partial charge in [-0.15, -0.1) is 11.3 Å². The molecule has 4 heteroatoms. The van der Waals surface area contributed by atoms with E-state index in [1.54, 1.807) is 11.3 Å². The summed E-state index contributed by atoms with van der Waals surface area (Å²) in [5.74, 6) is 0.699. The number of hydrogen-bond donors (Lipinski definition) is 0. The average molecular weight is 631 g/mol. The third-order valence-electron chi connectivity index (χ3n) is 9.32. The van der Waals surface area contributed by atoms with Crippen molar-refractivity contribution in [1.29, 1.82) is 0 Å². The van der Waals surface area contributed by atoms with Crippen molar-refractivity contribution < 1.29 is 4.42 Å². The molecule has 0 aliphatic carbocycles. The van der Waals surface area contributed by atoms with Gasteiger partial charge in [0.25, 0.3) is 0 Å². The highest BCUT2D eigenvalue weighted by atomic mass is 32.1. The summed E-state index contributed by atoms with van der Waals surface area (Å²) in [5.41, 5.74) is 10.4. The minimum absolute atomic E-state index is 0.699. The fourth-order valence-electron chi connectivity index (χ4n) is 7.10. The van der Waals surface area contributed by atoms with Gasteiger partial charge in [-0.2, -0.15) is 0 Å². The Balaban J connectivity index is 1.17. The molecule has 10 aromatic rings. The van der Waals surface area contributed by atoms with Crippen molar-refractivity contribution in [2.24, 2.45) is 0 Å². The number of rotatable bonds is 4. The maximum Gasteiger partial charge on any atom is 0.161 e. The topological polar surface area (TPSA) is 38.9 Å². The van der Waals surface area contributed by atoms with Crippen LogP contribution in [0.25, 0.3) is 97.9 Å². The summed E-state index contributed by atoms with van der Waals surface area (Å²) in [5, 5.41) is 5.68. The molecule has 0 bridgehead atoms. The van der Waals surface area contributed by atoms with E-state index < -0.39 is 0 Å². The van der Waals surface area contributed by atoms with E-state index in [4.69, 9.17) is 14.4 Å². The lowest BCUT2D eigenvalue weighted by Crippen LogP contribution is -1.94. The Labute approximate surface area is 280 Å². The Kier molecular flexibility index (Phi) is 6.05. The highest BCUT2D eigenvalue weighted by Crippen LogP contribution is 2.43. The standard InChI is InChI=1S/C44H26N2OS/c1-3-12-27(13-4-1)30-24-25-31(33-17-8-7-16-32(30)33)29-22-23-34-38(26-29)47-37-20-11-19-36(40(34)37)44-45-41(28-14-5-2-6-15-28)43-42(46-44)35-18-9-10-21-39(35)48-43/h1-26H. The molecule has 10 rings (SSSR count). The minimum Gasteiger partial charge on any atom is -0.456 e. The van der Waals surface area contributed by atoms with Crippen LogP contribution >= 0.6 is 11.3 Å². The Morgan fingerprint density at radius 1 is 0.438 bits per heavy atom. The van der Waals surface area contributed by atoms with Crippen molar-refractivity contribution in [3.63, 3.8) is 0 Å². The van der Waals surface area contributed by atoms with E-state index in [9.17, 15) is 0 Å². The van der Waals surface area contributed by atoms with Gasteiger partial charge in [-0.1, -0.05) is 133 Å². The van der Waals surface area contributed by atoms with E-state index in [1.807, 2.05) is 18.2 Å². The maximum atomic E-state index is 6.59. The van der Waals surface area contributed by atoms with Crippen molar-refractivity contribution in [3.05, 3.63) is 158 Å². The van der Waals surface area contributed by atoms with Crippen molar-refractivity contribution in [2.75, 3.05) is 0 Å². The molecule has 3 nitrogen and oxygen atoms in total. The van der Waals surface area contributed by atoms with Gasteiger partial charge < -0.3 is 4.42 Å². The van der Waals surface area contributed by atoms with Crippen LogP contribution in [-0.4, -0.2) is 9.97 Å². The van der Waals surface area contributed by atoms with Crippen molar-refractivity contribution in [1.82, 2.24) is 9.97 Å². The van der Waals surface area contributed by atoms with Crippen LogP contribution in [0, 0.1) is 0 Å². The highest BCUT2D eigenvalue weighted by molar-refractivity contribution is 7.26. The predicted octanol–water partition coefficient (Wildman–Crippen LogP) is 12.6. The Morgan fingerprint density at radius 2 is 1.10 bits per heavy atom. The molecule has 0 aliphatic heterocycles. The number of aromatic nitrogens is 2. The third kappa shape index (κ3) is 4.20. The molecule has 3 heterocycles. The SMILES string of the molecule is c1ccc(-c2ccc(-c3ccc4c(c3)oc3cccc(-c5nc(-c6ccccc6)c6sc7ccccc7c6n5)c34)c3ccccc23)cc1. The zero-order valence-electron chi connectivity index (χ0n) is 25.7. The van der Waals surface area contributed by atoms with Crippen molar-refractivity contribution in [2.45, 2.75) is 0 Å². The number of furan rings is 1. The first-order chi connectivity index (χ1) is 23.8. The summed E-state index contributed by atoms with van der Waals surface area (Å²) in [6.45, 7) is 0. The second kappa shape index (κ2) is 10.7. The fraction of sp³-hybridized carbons (Fsp3) is 0. The molecule has 0 amide bonds. The molecular formula is C44H26N2OS. The van der Waals surface area contributed by atoms with Gasteiger partial charge >= 0.3 is 0 Å². The van der Waals surface area contributed by atoms with Gasteiger partial charge in [0.05, 0.1) is 15.9 Å². The van der Waals surface area contributed by atoms with Gasteiger partial charge in [-0.3, -0.25) is 0 Å². The number of benzene rings is 7. The van der Waals surface area contributed by atoms with Gasteiger partial charge in [0.15, 0.2) is 5.82 Å². The van der Waals surface area contributed by atoms with Crippen molar-refractivity contribution >= 4 is 64.4 Å². The summed E-state index contributed by atoms with van der Waals surface area (Å²) in [4.78, 5) is 10.5. The van der Waals surface area contributed by atoms with Gasteiger partial charge in [-0.25, -0.2) is 9.97 Å². The second-order valence-corrected chi connectivity index (χ2v) is 13.2. The van der Waals surface area contributed by atoms with Crippen LogP contribution in [0.2, 0.25) is 0 Å². The number of thiophene rings is 1. The molecule has 7 aromatic carbocycles. The molecule has 0 aliphatic rings. The molecule has 0 radical (unpaired) electrons. The lowest BCUT2D eigenvalue weighted by molar-refractivity contribution is 0.669. The largest absolute Gasteiger partial charge is 0.456 e. The van der Waals surface area contributed by atoms with E-state index in [-0.39, 0.29) is 0 Å². The Morgan fingerprint density at radius 3 is 1.88 bits per heavy atom. The molecule has 0 fully saturated rings. The van der Waals surface area contributed by atoms with Gasteiger partial charge in [0.2, 0.25) is 0 Å². The van der Waals surface area contributed by atoms with Crippen LogP contribution in [0.1, 0.15) is 0 Å². The van der Waals surface area contributed by atoms with Crippen LogP contribution in [0.15, 0.2) is 162 Å². The smallest absolute Gasteiger partial charge is 0.161 e. The van der Waals surface area contributed by atoms with Crippen LogP contribution in [-0.2, 0) is 0 Å². The maximum absolute atomic E-state index is 6.59. The van der Waals surface area contributed by atoms with Gasteiger partial charge in [0.1, 0.15) is 11.2 Å². The lowest BCUT2D eigenvalue weighted by Gasteiger charge is -2.12. The molecule has 0 N–H and O–H groups in total. The zero-order valence-corrected chi connectivity index (χ0v) is 26.5. The molecular weight excluding hydrogens is 605 g/mol. The average Bonchev–Trinajstić information content (AvgIpc) is 3.73. The Hall–Kier alpha value is -6.10. The second-order valence-electron chi connectivity index (χ2n) is 12.1. The molecule has 0 saturated heterocycles. The summed E-state index contributed by atoms with van der Waals surface area (Å²) in [6, 6.07) is 55.4. The number of nitrogens with zero attached hydrogens (tertiary/aromatic N) is 2. The van der Waals surface area contributed by atoms with E-state index >= 15 is 0 Å². The normalized spacial score (nSPS) is 11.8. The quantitative estimate of drug-likeness (QED) is 0.194. The first-order valence-corrected chi connectivity index (χ1v) is 16.9. The van der Waals surface area contributed by atoms with E-state index in [2.05, 4.69) is 140 Å². The molecule has 0 atom stereocenters. The van der Waals surface area contributed by atoms with Crippen LogP contribution in [0.5, 0.6) is 0 Å². The van der Waals surface area contributed by atoms with E-state index in [0.29, 0.717) is 5.82 Å². The van der Waals surface area contributed by atoms with Gasteiger partial charge in [-0.05, 0) is 57.3 Å². The zero-order chi connectivity index (χ0) is 31.6. The molecule has 0 unspecified atom stereocenters. The molecule has 48 heavy (non-hydrogen) atoms. The summed E-state index contributed by atoms with van der Waals surface area (Å²) >= 11 is 1.75. The first-order valence-electron chi connectivity index (χ1n) is 16.1. The van der Waals surface area contributed by atoms with Crippen LogP contribution in [0.4, 0.5) is 0 Å². The van der Waals surface area contributed by atoms with Gasteiger partial charge in [0, 0.05) is 32.0 Å². The minimum atomic E-state index is 0.699. The summed E-state index contributed by atoms with van der Waals surface area (Å²) < 4.78 is 8.90. The predicted molar refractivity (Wildman–Crippen MR) is 201 cm³/mol. The first kappa shape index (κ1) is 27.1. The van der Waals surface area contributed by atoms with Crippen molar-refractivity contribution in [3.8, 4) is 44.9 Å². The number of fused-ring (bicyclic) bond motifs is 7. The van der Waals surface area contributed by atoms with E-state index in [1.165, 1.54) is 32.2 Å². The monoisotopic (exact) mass is 630 g/mol. The molecule has 224 valence electrons. The van der Waals surface area contributed by atoms with Crippen LogP contribution < -0.4 is 0 Å². The van der Waals surface area contributed by atoms with E-state index in [0.717, 1.165) is 59.9 Å². The molecule has 0 saturated carbocycles. The molecule has 0 spiro atoms. The van der Waals surface area contributed by atoms with Crippen LogP contribution in [0.3, 0.4) is 0 Å². The highest BCUT2D eigenvalue weighted by Gasteiger charge is 2.20. The summed E-state index contributed by atoms with van der Waals surface area (Å²) in [6.07, 6.45) is 0. The lowest BCUT2D eigenvalue weighted by atomic mass is 9.92. The summed E-state index contributed by atoms with van der Waals surface area (Å²) in [7, 11) is 0. The fourth-order valence-corrected chi connectivity index (χ4v) is 8.26. The third-order valence-corrected chi connectivity index (χ3v) is 10.5. The Bertz CT molecular complexity index is 2830. The number of hydrogen-bond acceptors (Lipinski definition) is 4.